The van der Waals surface area contributed by atoms with Crippen LogP contribution in [0.25, 0.3) is 0 Å². The normalized spacial score (nSPS) is 25.6. The molecule has 2 atom stereocenters. The molecule has 2 aromatic carbocycles. The lowest BCUT2D eigenvalue weighted by Gasteiger charge is -2.30. The van der Waals surface area contributed by atoms with E-state index in [-0.39, 0.29) is 5.41 Å². The van der Waals surface area contributed by atoms with E-state index in [4.69, 9.17) is 0 Å². The molecule has 0 aromatic heterocycles. The van der Waals surface area contributed by atoms with Crippen LogP contribution in [0.4, 0.5) is 5.69 Å². The van der Waals surface area contributed by atoms with Gasteiger partial charge in [0.2, 0.25) is 0 Å². The molecule has 122 valence electrons. The zero-order valence-corrected chi connectivity index (χ0v) is 14.8. The predicted molar refractivity (Wildman–Crippen MR) is 101 cm³/mol. The van der Waals surface area contributed by atoms with Gasteiger partial charge in [-0.15, -0.1) is 0 Å². The van der Waals surface area contributed by atoms with Crippen LogP contribution in [-0.2, 0) is 5.41 Å². The highest BCUT2D eigenvalue weighted by molar-refractivity contribution is 5.63. The standard InChI is InChI=1S/C22H24N2/c1-16-10-8-9-13-20(16)24-17(2)21-22(4,14-15-23(21)18(24)3)19-11-6-5-7-12-19/h5-15,18H,1-4H3. The number of para-hydroxylation sites is 1. The molecule has 24 heavy (non-hydrogen) atoms. The molecule has 2 nitrogen and oxygen atoms in total. The Bertz CT molecular complexity index is 834. The Morgan fingerprint density at radius 1 is 0.917 bits per heavy atom. The Balaban J connectivity index is 1.85. The minimum absolute atomic E-state index is 0.0724. The fourth-order valence-electron chi connectivity index (χ4n) is 4.28. The van der Waals surface area contributed by atoms with Crippen LogP contribution in [0.1, 0.15) is 31.9 Å². The second kappa shape index (κ2) is 5.27. The summed E-state index contributed by atoms with van der Waals surface area (Å²) < 4.78 is 0. The summed E-state index contributed by atoms with van der Waals surface area (Å²) in [6.45, 7) is 9.05. The number of nitrogens with zero attached hydrogens (tertiary/aromatic N) is 2. The molecule has 0 saturated carbocycles. The SMILES string of the molecule is CC1=C2N(C=CC2(C)c2ccccc2)C(C)N1c1ccccc1C. The van der Waals surface area contributed by atoms with Crippen LogP contribution in [0.2, 0.25) is 0 Å². The molecule has 0 radical (unpaired) electrons. The van der Waals surface area contributed by atoms with Crippen molar-refractivity contribution in [3.63, 3.8) is 0 Å². The van der Waals surface area contributed by atoms with E-state index in [1.165, 1.54) is 28.2 Å². The second-order valence-corrected chi connectivity index (χ2v) is 7.01. The van der Waals surface area contributed by atoms with Gasteiger partial charge in [-0.25, -0.2) is 0 Å². The number of anilines is 1. The molecule has 0 spiro atoms. The second-order valence-electron chi connectivity index (χ2n) is 7.01. The third-order valence-electron chi connectivity index (χ3n) is 5.55. The summed E-state index contributed by atoms with van der Waals surface area (Å²) in [5.74, 6) is 0. The van der Waals surface area contributed by atoms with Crippen molar-refractivity contribution in [2.24, 2.45) is 0 Å². The van der Waals surface area contributed by atoms with Gasteiger partial charge in [0.1, 0.15) is 6.17 Å². The average molecular weight is 316 g/mol. The number of allylic oxidation sites excluding steroid dienone is 2. The first-order chi connectivity index (χ1) is 11.5. The van der Waals surface area contributed by atoms with Gasteiger partial charge in [-0.1, -0.05) is 54.6 Å². The minimum Gasteiger partial charge on any atom is -0.328 e. The highest BCUT2D eigenvalue weighted by atomic mass is 15.4. The fraction of sp³-hybridized carbons (Fsp3) is 0.273. The lowest BCUT2D eigenvalue weighted by molar-refractivity contribution is 0.384. The van der Waals surface area contributed by atoms with Crippen molar-refractivity contribution < 1.29 is 0 Å². The number of rotatable bonds is 2. The van der Waals surface area contributed by atoms with Crippen LogP contribution in [0.3, 0.4) is 0 Å². The Morgan fingerprint density at radius 3 is 2.29 bits per heavy atom. The van der Waals surface area contributed by atoms with Gasteiger partial charge in [0, 0.05) is 17.6 Å². The molecule has 2 aliphatic rings. The van der Waals surface area contributed by atoms with Crippen molar-refractivity contribution in [3.8, 4) is 0 Å². The fourth-order valence-corrected chi connectivity index (χ4v) is 4.28. The number of benzene rings is 2. The van der Waals surface area contributed by atoms with Crippen LogP contribution in [-0.4, -0.2) is 11.1 Å². The van der Waals surface area contributed by atoms with Crippen LogP contribution >= 0.6 is 0 Å². The third-order valence-corrected chi connectivity index (χ3v) is 5.55. The van der Waals surface area contributed by atoms with Crippen molar-refractivity contribution in [2.75, 3.05) is 4.90 Å². The van der Waals surface area contributed by atoms with Crippen molar-refractivity contribution in [2.45, 2.75) is 39.3 Å². The Labute approximate surface area is 144 Å². The summed E-state index contributed by atoms with van der Waals surface area (Å²) in [6, 6.07) is 19.5. The first-order valence-electron chi connectivity index (χ1n) is 8.63. The molecule has 2 aromatic rings. The highest BCUT2D eigenvalue weighted by Crippen LogP contribution is 2.49. The minimum atomic E-state index is -0.0724. The molecule has 0 N–H and O–H groups in total. The number of fused-ring (bicyclic) bond motifs is 1. The summed E-state index contributed by atoms with van der Waals surface area (Å²) in [5.41, 5.74) is 6.62. The maximum Gasteiger partial charge on any atom is 0.107 e. The van der Waals surface area contributed by atoms with Crippen molar-refractivity contribution in [1.82, 2.24) is 4.90 Å². The van der Waals surface area contributed by atoms with Gasteiger partial charge in [-0.05, 0) is 44.9 Å². The maximum absolute atomic E-state index is 2.47. The predicted octanol–water partition coefficient (Wildman–Crippen LogP) is 5.18. The molecule has 2 heteroatoms. The quantitative estimate of drug-likeness (QED) is 0.753. The number of aryl methyl sites for hydroxylation is 1. The largest absolute Gasteiger partial charge is 0.328 e. The van der Waals surface area contributed by atoms with E-state index in [0.29, 0.717) is 6.17 Å². The Morgan fingerprint density at radius 2 is 1.58 bits per heavy atom. The molecule has 0 amide bonds. The lowest BCUT2D eigenvalue weighted by Crippen LogP contribution is -2.35. The van der Waals surface area contributed by atoms with E-state index >= 15 is 0 Å². The molecule has 2 aliphatic heterocycles. The van der Waals surface area contributed by atoms with Crippen molar-refractivity contribution >= 4 is 5.69 Å². The monoisotopic (exact) mass is 316 g/mol. The molecule has 0 saturated heterocycles. The van der Waals surface area contributed by atoms with E-state index in [1.807, 2.05) is 0 Å². The third kappa shape index (κ3) is 1.96. The number of hydrogen-bond donors (Lipinski definition) is 0. The van der Waals surface area contributed by atoms with Crippen molar-refractivity contribution in [3.05, 3.63) is 89.4 Å². The van der Waals surface area contributed by atoms with Gasteiger partial charge >= 0.3 is 0 Å². The first-order valence-corrected chi connectivity index (χ1v) is 8.63. The van der Waals surface area contributed by atoms with Crippen LogP contribution in [0, 0.1) is 6.92 Å². The molecular formula is C22H24N2. The summed E-state index contributed by atoms with van der Waals surface area (Å²) in [4.78, 5) is 4.89. The molecule has 0 bridgehead atoms. The molecule has 2 unspecified atom stereocenters. The number of hydrogen-bond acceptors (Lipinski definition) is 2. The van der Waals surface area contributed by atoms with Crippen molar-refractivity contribution in [1.29, 1.82) is 0 Å². The molecule has 2 heterocycles. The summed E-state index contributed by atoms with van der Waals surface area (Å²) in [5, 5.41) is 0. The van der Waals surface area contributed by atoms with E-state index in [0.717, 1.165) is 0 Å². The maximum atomic E-state index is 2.47. The van der Waals surface area contributed by atoms with E-state index in [2.05, 4.69) is 104 Å². The molecule has 4 rings (SSSR count). The lowest BCUT2D eigenvalue weighted by atomic mass is 9.80. The van der Waals surface area contributed by atoms with E-state index in [9.17, 15) is 0 Å². The van der Waals surface area contributed by atoms with Crippen LogP contribution < -0.4 is 4.90 Å². The Hall–Kier alpha value is -2.48. The summed E-state index contributed by atoms with van der Waals surface area (Å²) >= 11 is 0. The van der Waals surface area contributed by atoms with Gasteiger partial charge in [-0.3, -0.25) is 0 Å². The summed E-state index contributed by atoms with van der Waals surface area (Å²) in [7, 11) is 0. The Kier molecular flexibility index (Phi) is 3.31. The molecule has 0 aliphatic carbocycles. The highest BCUT2D eigenvalue weighted by Gasteiger charge is 2.46. The zero-order valence-electron chi connectivity index (χ0n) is 14.8. The van der Waals surface area contributed by atoms with Gasteiger partial charge < -0.3 is 9.80 Å². The average Bonchev–Trinajstić information content (AvgIpc) is 3.07. The molecule has 0 fully saturated rings. The van der Waals surface area contributed by atoms with Gasteiger partial charge in [0.25, 0.3) is 0 Å². The van der Waals surface area contributed by atoms with Gasteiger partial charge in [0.15, 0.2) is 0 Å². The van der Waals surface area contributed by atoms with Gasteiger partial charge in [-0.2, -0.15) is 0 Å². The summed E-state index contributed by atoms with van der Waals surface area (Å²) in [6.07, 6.45) is 4.89. The van der Waals surface area contributed by atoms with Gasteiger partial charge in [0.05, 0.1) is 11.1 Å². The molecular weight excluding hydrogens is 292 g/mol. The first kappa shape index (κ1) is 15.1. The topological polar surface area (TPSA) is 6.48 Å². The zero-order chi connectivity index (χ0) is 16.9. The van der Waals surface area contributed by atoms with E-state index in [1.54, 1.807) is 0 Å². The smallest absolute Gasteiger partial charge is 0.107 e. The van der Waals surface area contributed by atoms with Crippen LogP contribution in [0.5, 0.6) is 0 Å². The van der Waals surface area contributed by atoms with E-state index < -0.39 is 0 Å². The van der Waals surface area contributed by atoms with Crippen LogP contribution in [0.15, 0.2) is 78.3 Å².